The number of carbonyl (C=O) groups is 2. The smallest absolute Gasteiger partial charge is 0.311 e. The van der Waals surface area contributed by atoms with Crippen LogP contribution in [0.25, 0.3) is 5.69 Å². The Kier molecular flexibility index (Phi) is 4.26. The standard InChI is InChI=1S/C15H14N2O5/c1-22-14(20)7-11-6-12(18)8-13(19)17(11)10-4-2-3-9(5-10)15(16)21/h2-6,8,18H,7H2,1H3,(H2,16,21). The van der Waals surface area contributed by atoms with Gasteiger partial charge in [0.05, 0.1) is 13.5 Å². The molecule has 0 unspecified atom stereocenters. The molecule has 1 amide bonds. The summed E-state index contributed by atoms with van der Waals surface area (Å²) in [5.41, 5.74) is 5.50. The zero-order chi connectivity index (χ0) is 16.3. The summed E-state index contributed by atoms with van der Waals surface area (Å²) in [5.74, 6) is -1.46. The van der Waals surface area contributed by atoms with E-state index in [9.17, 15) is 19.5 Å². The number of methoxy groups -OCH3 is 1. The van der Waals surface area contributed by atoms with E-state index in [0.717, 1.165) is 6.07 Å². The number of nitrogens with two attached hydrogens (primary N) is 1. The van der Waals surface area contributed by atoms with E-state index >= 15 is 0 Å². The molecule has 0 fully saturated rings. The van der Waals surface area contributed by atoms with Crippen LogP contribution in [-0.4, -0.2) is 28.7 Å². The summed E-state index contributed by atoms with van der Waals surface area (Å²) in [5, 5.41) is 9.55. The summed E-state index contributed by atoms with van der Waals surface area (Å²) in [6, 6.07) is 8.40. The van der Waals surface area contributed by atoms with Crippen LogP contribution < -0.4 is 11.3 Å². The Morgan fingerprint density at radius 1 is 1.27 bits per heavy atom. The van der Waals surface area contributed by atoms with Crippen molar-refractivity contribution < 1.29 is 19.4 Å². The predicted molar refractivity (Wildman–Crippen MR) is 77.9 cm³/mol. The number of pyridine rings is 1. The van der Waals surface area contributed by atoms with Gasteiger partial charge in [-0.15, -0.1) is 0 Å². The number of primary amides is 1. The number of hydrogen-bond donors (Lipinski definition) is 2. The topological polar surface area (TPSA) is 112 Å². The van der Waals surface area contributed by atoms with Gasteiger partial charge in [0, 0.05) is 29.1 Å². The van der Waals surface area contributed by atoms with Crippen molar-refractivity contribution >= 4 is 11.9 Å². The molecule has 0 aliphatic heterocycles. The van der Waals surface area contributed by atoms with E-state index in [4.69, 9.17) is 5.73 Å². The summed E-state index contributed by atoms with van der Waals surface area (Å²) in [6.45, 7) is 0. The fraction of sp³-hybridized carbons (Fsp3) is 0.133. The highest BCUT2D eigenvalue weighted by Crippen LogP contribution is 2.16. The van der Waals surface area contributed by atoms with Crippen LogP contribution in [0.1, 0.15) is 16.1 Å². The molecule has 3 N–H and O–H groups in total. The molecule has 0 radical (unpaired) electrons. The normalized spacial score (nSPS) is 10.2. The number of esters is 1. The van der Waals surface area contributed by atoms with Gasteiger partial charge in [-0.2, -0.15) is 0 Å². The highest BCUT2D eigenvalue weighted by molar-refractivity contribution is 5.93. The molecule has 2 rings (SSSR count). The van der Waals surface area contributed by atoms with Crippen molar-refractivity contribution in [3.05, 3.63) is 58.0 Å². The van der Waals surface area contributed by atoms with Gasteiger partial charge in [0.1, 0.15) is 5.75 Å². The van der Waals surface area contributed by atoms with Crippen LogP contribution in [0.15, 0.2) is 41.2 Å². The van der Waals surface area contributed by atoms with Crippen LogP contribution in [0.3, 0.4) is 0 Å². The van der Waals surface area contributed by atoms with Crippen molar-refractivity contribution in [2.24, 2.45) is 5.73 Å². The van der Waals surface area contributed by atoms with E-state index in [2.05, 4.69) is 4.74 Å². The summed E-state index contributed by atoms with van der Waals surface area (Å²) in [7, 11) is 1.22. The zero-order valence-corrected chi connectivity index (χ0v) is 11.8. The SMILES string of the molecule is COC(=O)Cc1cc(O)cc(=O)n1-c1cccc(C(N)=O)c1. The van der Waals surface area contributed by atoms with E-state index in [1.54, 1.807) is 12.1 Å². The lowest BCUT2D eigenvalue weighted by Crippen LogP contribution is -2.23. The van der Waals surface area contributed by atoms with Crippen LogP contribution >= 0.6 is 0 Å². The van der Waals surface area contributed by atoms with Gasteiger partial charge in [0.15, 0.2) is 0 Å². The molecule has 1 heterocycles. The predicted octanol–water partition coefficient (Wildman–Crippen LogP) is 0.357. The number of hydrogen-bond acceptors (Lipinski definition) is 5. The van der Waals surface area contributed by atoms with Crippen molar-refractivity contribution in [2.75, 3.05) is 7.11 Å². The van der Waals surface area contributed by atoms with E-state index < -0.39 is 17.4 Å². The molecule has 114 valence electrons. The quantitative estimate of drug-likeness (QED) is 0.792. The third-order valence-corrected chi connectivity index (χ3v) is 3.04. The second kappa shape index (κ2) is 6.13. The Bertz CT molecular complexity index is 795. The average Bonchev–Trinajstić information content (AvgIpc) is 2.46. The number of benzene rings is 1. The lowest BCUT2D eigenvalue weighted by atomic mass is 10.1. The second-order valence-corrected chi connectivity index (χ2v) is 4.55. The Labute approximate surface area is 125 Å². The molecule has 0 saturated heterocycles. The highest BCUT2D eigenvalue weighted by Gasteiger charge is 2.13. The van der Waals surface area contributed by atoms with Crippen molar-refractivity contribution in [3.63, 3.8) is 0 Å². The maximum Gasteiger partial charge on any atom is 0.311 e. The molecule has 7 nitrogen and oxygen atoms in total. The minimum Gasteiger partial charge on any atom is -0.508 e. The Hall–Kier alpha value is -3.09. The van der Waals surface area contributed by atoms with Gasteiger partial charge in [-0.3, -0.25) is 19.0 Å². The number of carbonyl (C=O) groups excluding carboxylic acids is 2. The maximum atomic E-state index is 12.1. The van der Waals surface area contributed by atoms with Crippen LogP contribution in [0, 0.1) is 0 Å². The van der Waals surface area contributed by atoms with Gasteiger partial charge in [0.2, 0.25) is 5.91 Å². The summed E-state index contributed by atoms with van der Waals surface area (Å²) >= 11 is 0. The van der Waals surface area contributed by atoms with Crippen LogP contribution in [-0.2, 0) is 16.0 Å². The van der Waals surface area contributed by atoms with Crippen molar-refractivity contribution in [2.45, 2.75) is 6.42 Å². The monoisotopic (exact) mass is 302 g/mol. The maximum absolute atomic E-state index is 12.1. The van der Waals surface area contributed by atoms with E-state index in [1.165, 1.54) is 29.9 Å². The van der Waals surface area contributed by atoms with Crippen molar-refractivity contribution in [1.29, 1.82) is 0 Å². The minimum absolute atomic E-state index is 0.207. The fourth-order valence-electron chi connectivity index (χ4n) is 2.05. The molecule has 0 aliphatic rings. The van der Waals surface area contributed by atoms with Gasteiger partial charge < -0.3 is 15.6 Å². The Balaban J connectivity index is 2.63. The molecule has 0 saturated carbocycles. The lowest BCUT2D eigenvalue weighted by Gasteiger charge is -2.13. The fourth-order valence-corrected chi connectivity index (χ4v) is 2.05. The first-order valence-corrected chi connectivity index (χ1v) is 6.34. The third-order valence-electron chi connectivity index (χ3n) is 3.04. The van der Waals surface area contributed by atoms with Gasteiger partial charge in [-0.25, -0.2) is 0 Å². The molecule has 0 spiro atoms. The summed E-state index contributed by atoms with van der Waals surface area (Å²) in [6.07, 6.45) is -0.207. The molecule has 22 heavy (non-hydrogen) atoms. The zero-order valence-electron chi connectivity index (χ0n) is 11.8. The lowest BCUT2D eigenvalue weighted by molar-refractivity contribution is -0.139. The molecular formula is C15H14N2O5. The van der Waals surface area contributed by atoms with Crippen LogP contribution in [0.4, 0.5) is 0 Å². The molecule has 2 aromatic rings. The summed E-state index contributed by atoms with van der Waals surface area (Å²) < 4.78 is 5.79. The molecule has 1 aromatic heterocycles. The number of aromatic nitrogens is 1. The molecular weight excluding hydrogens is 288 g/mol. The average molecular weight is 302 g/mol. The van der Waals surface area contributed by atoms with Gasteiger partial charge in [0.25, 0.3) is 5.56 Å². The third kappa shape index (κ3) is 3.14. The highest BCUT2D eigenvalue weighted by atomic mass is 16.5. The molecule has 0 bridgehead atoms. The van der Waals surface area contributed by atoms with Crippen LogP contribution in [0.2, 0.25) is 0 Å². The Morgan fingerprint density at radius 3 is 2.64 bits per heavy atom. The molecule has 1 aromatic carbocycles. The summed E-state index contributed by atoms with van der Waals surface area (Å²) in [4.78, 5) is 34.9. The van der Waals surface area contributed by atoms with Crippen LogP contribution in [0.5, 0.6) is 5.75 Å². The first kappa shape index (κ1) is 15.3. The number of aromatic hydroxyl groups is 1. The minimum atomic E-state index is -0.636. The largest absolute Gasteiger partial charge is 0.508 e. The Morgan fingerprint density at radius 2 is 2.00 bits per heavy atom. The van der Waals surface area contributed by atoms with Crippen molar-refractivity contribution in [3.8, 4) is 11.4 Å². The van der Waals surface area contributed by atoms with Crippen molar-refractivity contribution in [1.82, 2.24) is 4.57 Å². The van der Waals surface area contributed by atoms with Gasteiger partial charge in [-0.05, 0) is 18.2 Å². The van der Waals surface area contributed by atoms with Gasteiger partial charge in [-0.1, -0.05) is 6.07 Å². The molecule has 0 aliphatic carbocycles. The number of rotatable bonds is 4. The number of ether oxygens (including phenoxy) is 1. The van der Waals surface area contributed by atoms with E-state index in [-0.39, 0.29) is 23.4 Å². The first-order valence-electron chi connectivity index (χ1n) is 6.34. The van der Waals surface area contributed by atoms with E-state index in [0.29, 0.717) is 5.69 Å². The number of amides is 1. The van der Waals surface area contributed by atoms with E-state index in [1.807, 2.05) is 0 Å². The number of nitrogens with zero attached hydrogens (tertiary/aromatic N) is 1. The molecule has 0 atom stereocenters. The van der Waals surface area contributed by atoms with Gasteiger partial charge >= 0.3 is 5.97 Å². The molecule has 7 heteroatoms. The second-order valence-electron chi connectivity index (χ2n) is 4.55. The first-order chi connectivity index (χ1) is 10.4.